The minimum Gasteiger partial charge on any atom is -0.394 e. The number of aliphatic hydroxyl groups is 1. The highest BCUT2D eigenvalue weighted by atomic mass is 16.3. The average Bonchev–Trinajstić information content (AvgIpc) is 3.13. The van der Waals surface area contributed by atoms with Crippen LogP contribution in [0, 0.1) is 0 Å². The smallest absolute Gasteiger partial charge is 0.248 e. The van der Waals surface area contributed by atoms with Crippen LogP contribution in [0.4, 0.5) is 23.4 Å². The largest absolute Gasteiger partial charge is 0.394 e. The normalized spacial score (nSPS) is 11.8. The fraction of sp³-hybridized carbons (Fsp3) is 0.100. The van der Waals surface area contributed by atoms with Gasteiger partial charge >= 0.3 is 0 Å². The molecule has 0 aliphatic heterocycles. The van der Waals surface area contributed by atoms with E-state index in [0.29, 0.717) is 17.6 Å². The topological polar surface area (TPSA) is 127 Å². The van der Waals surface area contributed by atoms with Crippen LogP contribution in [0.25, 0.3) is 5.82 Å². The third-order valence-corrected chi connectivity index (χ3v) is 4.24. The first-order valence-corrected chi connectivity index (χ1v) is 9.02. The van der Waals surface area contributed by atoms with Crippen molar-refractivity contribution < 1.29 is 5.11 Å². The van der Waals surface area contributed by atoms with Crippen LogP contribution >= 0.6 is 0 Å². The highest BCUT2D eigenvalue weighted by Crippen LogP contribution is 2.20. The Hall–Kier alpha value is -3.98. The fourth-order valence-electron chi connectivity index (χ4n) is 2.84. The van der Waals surface area contributed by atoms with Gasteiger partial charge in [-0.15, -0.1) is 5.10 Å². The van der Waals surface area contributed by atoms with Gasteiger partial charge in [-0.05, 0) is 17.7 Å². The molecule has 9 heteroatoms. The van der Waals surface area contributed by atoms with Crippen molar-refractivity contribution in [3.8, 4) is 5.82 Å². The first-order chi connectivity index (χ1) is 14.2. The van der Waals surface area contributed by atoms with E-state index in [1.165, 1.54) is 11.0 Å². The Morgan fingerprint density at radius 1 is 1.00 bits per heavy atom. The van der Waals surface area contributed by atoms with Crippen LogP contribution < -0.4 is 16.4 Å². The number of hydrogen-bond acceptors (Lipinski definition) is 8. The lowest BCUT2D eigenvalue weighted by molar-refractivity contribution is 0.276. The zero-order valence-corrected chi connectivity index (χ0v) is 15.5. The second-order valence-electron chi connectivity index (χ2n) is 6.25. The van der Waals surface area contributed by atoms with E-state index in [4.69, 9.17) is 5.73 Å². The minimum absolute atomic E-state index is 0.0834. The number of rotatable bonds is 7. The van der Waals surface area contributed by atoms with Gasteiger partial charge in [0, 0.05) is 11.8 Å². The van der Waals surface area contributed by atoms with Crippen LogP contribution in [-0.2, 0) is 0 Å². The number of para-hydroxylation sites is 1. The van der Waals surface area contributed by atoms with Crippen LogP contribution in [0.3, 0.4) is 0 Å². The molecule has 0 saturated heterocycles. The monoisotopic (exact) mass is 388 g/mol. The van der Waals surface area contributed by atoms with Crippen LogP contribution in [0.15, 0.2) is 73.1 Å². The predicted octanol–water partition coefficient (Wildman–Crippen LogP) is 2.53. The lowest BCUT2D eigenvalue weighted by atomic mass is 10.1. The summed E-state index contributed by atoms with van der Waals surface area (Å²) < 4.78 is 1.43. The molecule has 146 valence electrons. The van der Waals surface area contributed by atoms with Crippen molar-refractivity contribution in [2.24, 2.45) is 0 Å². The van der Waals surface area contributed by atoms with Gasteiger partial charge in [-0.25, -0.2) is 9.97 Å². The highest BCUT2D eigenvalue weighted by Gasteiger charge is 2.14. The van der Waals surface area contributed by atoms with Crippen molar-refractivity contribution >= 4 is 23.4 Å². The number of hydrogen-bond donors (Lipinski definition) is 4. The number of nitrogens with zero attached hydrogens (tertiary/aromatic N) is 5. The molecule has 2 aromatic carbocycles. The Morgan fingerprint density at radius 2 is 1.72 bits per heavy atom. The molecule has 1 atom stereocenters. The summed E-state index contributed by atoms with van der Waals surface area (Å²) in [4.78, 5) is 12.7. The number of nitrogen functional groups attached to an aromatic ring is 1. The van der Waals surface area contributed by atoms with Gasteiger partial charge in [0.25, 0.3) is 0 Å². The molecule has 0 amide bonds. The van der Waals surface area contributed by atoms with E-state index in [2.05, 4.69) is 30.7 Å². The zero-order valence-electron chi connectivity index (χ0n) is 15.5. The van der Waals surface area contributed by atoms with Crippen molar-refractivity contribution in [1.82, 2.24) is 24.7 Å². The van der Waals surface area contributed by atoms with Crippen molar-refractivity contribution in [3.63, 3.8) is 0 Å². The summed E-state index contributed by atoms with van der Waals surface area (Å²) >= 11 is 0. The summed E-state index contributed by atoms with van der Waals surface area (Å²) in [6.45, 7) is -0.0834. The third-order valence-electron chi connectivity index (χ3n) is 4.24. The quantitative estimate of drug-likeness (QED) is 0.380. The molecular weight excluding hydrogens is 368 g/mol. The average molecular weight is 388 g/mol. The lowest BCUT2D eigenvalue weighted by Crippen LogP contribution is -2.16. The predicted molar refractivity (Wildman–Crippen MR) is 111 cm³/mol. The Kier molecular flexibility index (Phi) is 5.30. The maximum absolute atomic E-state index is 9.75. The summed E-state index contributed by atoms with van der Waals surface area (Å²) in [7, 11) is 0. The van der Waals surface area contributed by atoms with E-state index in [-0.39, 0.29) is 18.6 Å². The van der Waals surface area contributed by atoms with Gasteiger partial charge < -0.3 is 21.5 Å². The molecule has 9 nitrogen and oxygen atoms in total. The molecular formula is C20H20N8O. The molecule has 0 bridgehead atoms. The second-order valence-corrected chi connectivity index (χ2v) is 6.25. The van der Waals surface area contributed by atoms with Gasteiger partial charge in [0.2, 0.25) is 11.9 Å². The fourth-order valence-corrected chi connectivity index (χ4v) is 2.84. The van der Waals surface area contributed by atoms with E-state index in [1.54, 1.807) is 6.07 Å². The Bertz CT molecular complexity index is 1070. The van der Waals surface area contributed by atoms with E-state index in [0.717, 1.165) is 11.3 Å². The number of aromatic nitrogens is 5. The number of anilines is 4. The summed E-state index contributed by atoms with van der Waals surface area (Å²) in [6, 6.07) is 20.6. The van der Waals surface area contributed by atoms with E-state index < -0.39 is 0 Å². The van der Waals surface area contributed by atoms with Crippen LogP contribution in [0.2, 0.25) is 0 Å². The van der Waals surface area contributed by atoms with E-state index >= 15 is 0 Å². The molecule has 0 fully saturated rings. The second kappa shape index (κ2) is 8.36. The molecule has 4 rings (SSSR count). The first-order valence-electron chi connectivity index (χ1n) is 9.02. The molecule has 0 saturated carbocycles. The van der Waals surface area contributed by atoms with E-state index in [1.807, 2.05) is 60.7 Å². The SMILES string of the molecule is Nc1nc(Nc2ccccc2)nn1-c1cc(N[C@H](CO)c2ccccc2)ncn1. The zero-order chi connectivity index (χ0) is 20.1. The van der Waals surface area contributed by atoms with Crippen LogP contribution in [0.5, 0.6) is 0 Å². The number of nitrogens with two attached hydrogens (primary N) is 1. The Labute approximate surface area is 167 Å². The van der Waals surface area contributed by atoms with Gasteiger partial charge in [-0.1, -0.05) is 48.5 Å². The van der Waals surface area contributed by atoms with Crippen molar-refractivity contribution in [2.75, 3.05) is 23.0 Å². The van der Waals surface area contributed by atoms with Gasteiger partial charge in [-0.3, -0.25) is 0 Å². The van der Waals surface area contributed by atoms with Gasteiger partial charge in [0.05, 0.1) is 12.6 Å². The molecule has 5 N–H and O–H groups in total. The number of benzene rings is 2. The van der Waals surface area contributed by atoms with Crippen molar-refractivity contribution in [1.29, 1.82) is 0 Å². The molecule has 0 spiro atoms. The molecule has 29 heavy (non-hydrogen) atoms. The molecule has 0 aliphatic carbocycles. The summed E-state index contributed by atoms with van der Waals surface area (Å²) in [5.74, 6) is 1.54. The summed E-state index contributed by atoms with van der Waals surface area (Å²) in [5, 5.41) is 20.4. The Balaban J connectivity index is 1.56. The third kappa shape index (κ3) is 4.30. The molecule has 4 aromatic rings. The van der Waals surface area contributed by atoms with Gasteiger partial charge in [0.1, 0.15) is 12.1 Å². The number of nitrogens with one attached hydrogen (secondary N) is 2. The molecule has 0 unspecified atom stereocenters. The Morgan fingerprint density at radius 3 is 2.45 bits per heavy atom. The van der Waals surface area contributed by atoms with Gasteiger partial charge in [-0.2, -0.15) is 9.67 Å². The maximum atomic E-state index is 9.75. The molecule has 0 aliphatic rings. The molecule has 0 radical (unpaired) electrons. The summed E-state index contributed by atoms with van der Waals surface area (Å²) in [6.07, 6.45) is 1.41. The van der Waals surface area contributed by atoms with Crippen molar-refractivity contribution in [3.05, 3.63) is 78.6 Å². The highest BCUT2D eigenvalue weighted by molar-refractivity contribution is 5.54. The van der Waals surface area contributed by atoms with Crippen LogP contribution in [-0.4, -0.2) is 36.4 Å². The first kappa shape index (κ1) is 18.4. The standard InChI is InChI=1S/C20H20N8O/c21-19-26-20(24-15-9-5-2-6-10-15)27-28(19)18-11-17(22-13-23-18)25-16(12-29)14-7-3-1-4-8-14/h1-11,13,16,29H,12H2,(H,22,23,25)(H3,21,24,26,27)/t16-/m1/s1. The summed E-state index contributed by atoms with van der Waals surface area (Å²) in [5.41, 5.74) is 7.82. The van der Waals surface area contributed by atoms with Crippen molar-refractivity contribution in [2.45, 2.75) is 6.04 Å². The molecule has 2 aromatic heterocycles. The lowest BCUT2D eigenvalue weighted by Gasteiger charge is -2.17. The molecule has 2 heterocycles. The minimum atomic E-state index is -0.303. The van der Waals surface area contributed by atoms with Gasteiger partial charge in [0.15, 0.2) is 5.82 Å². The van der Waals surface area contributed by atoms with Crippen LogP contribution in [0.1, 0.15) is 11.6 Å². The maximum Gasteiger partial charge on any atom is 0.248 e. The van der Waals surface area contributed by atoms with E-state index in [9.17, 15) is 5.11 Å². The number of aliphatic hydroxyl groups excluding tert-OH is 1.